The van der Waals surface area contributed by atoms with Gasteiger partial charge in [-0.05, 0) is 38.1 Å². The van der Waals surface area contributed by atoms with Gasteiger partial charge in [-0.25, -0.2) is 4.21 Å². The second-order valence-corrected chi connectivity index (χ2v) is 5.07. The predicted octanol–water partition coefficient (Wildman–Crippen LogP) is 1.97. The van der Waals surface area contributed by atoms with Gasteiger partial charge in [-0.2, -0.15) is 0 Å². The molecular weight excluding hydrogens is 222 g/mol. The molecule has 0 saturated carbocycles. The Kier molecular flexibility index (Phi) is 5.66. The minimum absolute atomic E-state index is 0.212. The summed E-state index contributed by atoms with van der Waals surface area (Å²) in [6, 6.07) is 0. The standard InChI is InChI=1S/C12H19NO2S/c1-13(2)9-11-7-5-3-4-6-8-12(11)10-16(14)15/h5-8H,3-4,9-10H2,1-2H3,(H,14,15)/b7-5?,8-6-,12-11?. The lowest BCUT2D eigenvalue weighted by molar-refractivity contribution is 0.448. The molecule has 1 aliphatic carbocycles. The van der Waals surface area contributed by atoms with Gasteiger partial charge in [-0.3, -0.25) is 0 Å². The molecule has 4 heteroatoms. The van der Waals surface area contributed by atoms with E-state index < -0.39 is 11.1 Å². The van der Waals surface area contributed by atoms with E-state index in [4.69, 9.17) is 4.55 Å². The second kappa shape index (κ2) is 6.78. The summed E-state index contributed by atoms with van der Waals surface area (Å²) in [4.78, 5) is 2.06. The highest BCUT2D eigenvalue weighted by atomic mass is 32.2. The largest absolute Gasteiger partial charge is 0.306 e. The average Bonchev–Trinajstić information content (AvgIpc) is 2.15. The highest BCUT2D eigenvalue weighted by Crippen LogP contribution is 2.14. The lowest BCUT2D eigenvalue weighted by Gasteiger charge is -2.15. The minimum Gasteiger partial charge on any atom is -0.306 e. The molecule has 0 radical (unpaired) electrons. The molecule has 0 aromatic carbocycles. The van der Waals surface area contributed by atoms with Gasteiger partial charge < -0.3 is 9.45 Å². The van der Waals surface area contributed by atoms with Crippen LogP contribution in [-0.2, 0) is 11.1 Å². The van der Waals surface area contributed by atoms with Crippen LogP contribution in [0.15, 0.2) is 35.5 Å². The van der Waals surface area contributed by atoms with Gasteiger partial charge >= 0.3 is 0 Å². The van der Waals surface area contributed by atoms with E-state index in [0.29, 0.717) is 0 Å². The van der Waals surface area contributed by atoms with Crippen molar-refractivity contribution in [1.29, 1.82) is 0 Å². The van der Waals surface area contributed by atoms with E-state index in [1.807, 2.05) is 20.2 Å². The summed E-state index contributed by atoms with van der Waals surface area (Å²) < 4.78 is 19.9. The van der Waals surface area contributed by atoms with Crippen LogP contribution in [0.5, 0.6) is 0 Å². The van der Waals surface area contributed by atoms with Crippen LogP contribution in [-0.4, -0.2) is 40.1 Å². The first-order valence-corrected chi connectivity index (χ1v) is 6.64. The average molecular weight is 241 g/mol. The van der Waals surface area contributed by atoms with E-state index in [0.717, 1.165) is 30.5 Å². The summed E-state index contributed by atoms with van der Waals surface area (Å²) in [7, 11) is 3.99. The maximum absolute atomic E-state index is 10.9. The zero-order chi connectivity index (χ0) is 12.0. The number of allylic oxidation sites excluding steroid dienone is 3. The van der Waals surface area contributed by atoms with E-state index in [1.165, 1.54) is 0 Å². The Hall–Kier alpha value is -0.710. The fraction of sp³-hybridized carbons (Fsp3) is 0.500. The molecule has 0 saturated heterocycles. The molecule has 3 nitrogen and oxygen atoms in total. The topological polar surface area (TPSA) is 40.5 Å². The zero-order valence-electron chi connectivity index (χ0n) is 9.85. The van der Waals surface area contributed by atoms with E-state index >= 15 is 0 Å². The highest BCUT2D eigenvalue weighted by molar-refractivity contribution is 7.79. The van der Waals surface area contributed by atoms with Crippen molar-refractivity contribution in [3.63, 3.8) is 0 Å². The Labute approximate surface area is 99.8 Å². The maximum atomic E-state index is 10.9. The molecular formula is C12H19NO2S. The quantitative estimate of drug-likeness (QED) is 0.765. The maximum Gasteiger partial charge on any atom is 0.157 e. The van der Waals surface area contributed by atoms with Crippen molar-refractivity contribution < 1.29 is 8.76 Å². The number of hydrogen-bond donors (Lipinski definition) is 1. The molecule has 16 heavy (non-hydrogen) atoms. The van der Waals surface area contributed by atoms with Gasteiger partial charge in [0.2, 0.25) is 0 Å². The first-order chi connectivity index (χ1) is 7.59. The van der Waals surface area contributed by atoms with E-state index in [1.54, 1.807) is 0 Å². The third kappa shape index (κ3) is 4.88. The summed E-state index contributed by atoms with van der Waals surface area (Å²) in [5.74, 6) is 0.212. The molecule has 0 aliphatic heterocycles. The summed E-state index contributed by atoms with van der Waals surface area (Å²) in [5.41, 5.74) is 2.09. The van der Waals surface area contributed by atoms with E-state index in [9.17, 15) is 4.21 Å². The van der Waals surface area contributed by atoms with Crippen molar-refractivity contribution in [1.82, 2.24) is 4.90 Å². The molecule has 1 N–H and O–H groups in total. The zero-order valence-corrected chi connectivity index (χ0v) is 10.7. The molecule has 0 bridgehead atoms. The van der Waals surface area contributed by atoms with Crippen molar-refractivity contribution in [3.05, 3.63) is 35.5 Å². The Morgan fingerprint density at radius 1 is 1.25 bits per heavy atom. The Balaban J connectivity index is 2.96. The molecule has 0 amide bonds. The number of hydrogen-bond acceptors (Lipinski definition) is 2. The summed E-state index contributed by atoms with van der Waals surface area (Å²) in [5, 5.41) is 0. The van der Waals surface area contributed by atoms with E-state index in [2.05, 4.69) is 23.1 Å². The molecule has 1 rings (SSSR count). The summed E-state index contributed by atoms with van der Waals surface area (Å²) >= 11 is -1.77. The number of likely N-dealkylation sites (N-methyl/N-ethyl adjacent to an activating group) is 1. The van der Waals surface area contributed by atoms with Crippen molar-refractivity contribution in [2.75, 3.05) is 26.4 Å². The molecule has 0 spiro atoms. The first-order valence-electron chi connectivity index (χ1n) is 5.37. The number of rotatable bonds is 4. The van der Waals surface area contributed by atoms with Crippen LogP contribution in [0.4, 0.5) is 0 Å². The van der Waals surface area contributed by atoms with Crippen LogP contribution < -0.4 is 0 Å². The van der Waals surface area contributed by atoms with Crippen LogP contribution in [0.3, 0.4) is 0 Å². The second-order valence-electron chi connectivity index (χ2n) is 4.14. The first kappa shape index (κ1) is 13.4. The minimum atomic E-state index is -1.77. The van der Waals surface area contributed by atoms with Crippen LogP contribution >= 0.6 is 0 Å². The van der Waals surface area contributed by atoms with Gasteiger partial charge in [0, 0.05) is 6.54 Å². The van der Waals surface area contributed by atoms with Crippen LogP contribution in [0.2, 0.25) is 0 Å². The molecule has 90 valence electrons. The van der Waals surface area contributed by atoms with Crippen molar-refractivity contribution in [2.24, 2.45) is 0 Å². The molecule has 0 heterocycles. The monoisotopic (exact) mass is 241 g/mol. The van der Waals surface area contributed by atoms with Crippen molar-refractivity contribution >= 4 is 11.1 Å². The van der Waals surface area contributed by atoms with Crippen molar-refractivity contribution in [2.45, 2.75) is 12.8 Å². The van der Waals surface area contributed by atoms with Crippen LogP contribution in [0, 0.1) is 0 Å². The SMILES string of the molecule is CN(C)CC1=C(CS(=O)O)/C=C\CCC=C1. The van der Waals surface area contributed by atoms with Gasteiger partial charge in [-0.15, -0.1) is 0 Å². The molecule has 0 aromatic heterocycles. The summed E-state index contributed by atoms with van der Waals surface area (Å²) in [6.07, 6.45) is 10.3. The molecule has 0 aromatic rings. The van der Waals surface area contributed by atoms with Crippen molar-refractivity contribution in [3.8, 4) is 0 Å². The molecule has 1 unspecified atom stereocenters. The third-order valence-corrected chi connectivity index (χ3v) is 2.87. The Morgan fingerprint density at radius 3 is 2.31 bits per heavy atom. The van der Waals surface area contributed by atoms with Gasteiger partial charge in [0.1, 0.15) is 0 Å². The fourth-order valence-corrected chi connectivity index (χ4v) is 2.17. The lowest BCUT2D eigenvalue weighted by atomic mass is 10.0. The van der Waals surface area contributed by atoms with Gasteiger partial charge in [-0.1, -0.05) is 24.3 Å². The lowest BCUT2D eigenvalue weighted by Crippen LogP contribution is -2.16. The fourth-order valence-electron chi connectivity index (χ4n) is 1.63. The normalized spacial score (nSPS) is 20.8. The predicted molar refractivity (Wildman–Crippen MR) is 68.7 cm³/mol. The molecule has 0 fully saturated rings. The van der Waals surface area contributed by atoms with Crippen LogP contribution in [0.25, 0.3) is 0 Å². The van der Waals surface area contributed by atoms with Gasteiger partial charge in [0.15, 0.2) is 11.1 Å². The van der Waals surface area contributed by atoms with E-state index in [-0.39, 0.29) is 5.75 Å². The number of nitrogens with zero attached hydrogens (tertiary/aromatic N) is 1. The Morgan fingerprint density at radius 2 is 1.81 bits per heavy atom. The molecule has 1 aliphatic rings. The van der Waals surface area contributed by atoms with Crippen LogP contribution in [0.1, 0.15) is 12.8 Å². The van der Waals surface area contributed by atoms with Gasteiger partial charge in [0.25, 0.3) is 0 Å². The third-order valence-electron chi connectivity index (χ3n) is 2.32. The van der Waals surface area contributed by atoms with Gasteiger partial charge in [0.05, 0.1) is 5.75 Å². The molecule has 1 atom stereocenters. The summed E-state index contributed by atoms with van der Waals surface area (Å²) in [6.45, 7) is 0.799. The Bertz CT molecular complexity index is 343. The highest BCUT2D eigenvalue weighted by Gasteiger charge is 2.07. The smallest absolute Gasteiger partial charge is 0.157 e.